The van der Waals surface area contributed by atoms with Crippen molar-refractivity contribution in [3.63, 3.8) is 0 Å². The van der Waals surface area contributed by atoms with Crippen LogP contribution >= 0.6 is 0 Å². The number of carbonyl (C=O) groups excluding carboxylic acids is 1. The maximum atomic E-state index is 12.0. The van der Waals surface area contributed by atoms with Crippen LogP contribution in [0.25, 0.3) is 0 Å². The van der Waals surface area contributed by atoms with E-state index < -0.39 is 0 Å². The largest absolute Gasteiger partial charge is 0.423 e. The van der Waals surface area contributed by atoms with Crippen LogP contribution in [0.15, 0.2) is 47.4 Å². The maximum Gasteiger partial charge on any atom is 0.234 e. The number of piperidine rings is 1. The molecule has 1 aromatic carbocycles. The van der Waals surface area contributed by atoms with E-state index in [2.05, 4.69) is 46.4 Å². The second-order valence-corrected chi connectivity index (χ2v) is 7.39. The topological polar surface area (TPSA) is 71.3 Å². The molecule has 0 radical (unpaired) electrons. The van der Waals surface area contributed by atoms with Crippen molar-refractivity contribution in [2.45, 2.75) is 43.6 Å². The van der Waals surface area contributed by atoms with E-state index in [1.807, 2.05) is 11.0 Å². The minimum Gasteiger partial charge on any atom is -0.423 e. The third-order valence-corrected chi connectivity index (χ3v) is 5.55. The van der Waals surface area contributed by atoms with Crippen LogP contribution in [0, 0.1) is 0 Å². The number of likely N-dealkylation sites (tertiary alicyclic amines) is 1. The average Bonchev–Trinajstić information content (AvgIpc) is 3.15. The summed E-state index contributed by atoms with van der Waals surface area (Å²) in [7, 11) is 0. The van der Waals surface area contributed by atoms with Gasteiger partial charge in [0.1, 0.15) is 0 Å². The van der Waals surface area contributed by atoms with Crippen LogP contribution in [0.3, 0.4) is 0 Å². The van der Waals surface area contributed by atoms with Crippen molar-refractivity contribution in [2.24, 2.45) is 0 Å². The van der Waals surface area contributed by atoms with Gasteiger partial charge in [-0.05, 0) is 31.4 Å². The highest BCUT2D eigenvalue weighted by Gasteiger charge is 2.37. The molecule has 0 saturated carbocycles. The minimum absolute atomic E-state index is 0.0489. The number of nitrogens with one attached hydrogen (secondary N) is 1. The van der Waals surface area contributed by atoms with Gasteiger partial charge in [-0.2, -0.15) is 0 Å². The Kier molecular flexibility index (Phi) is 5.34. The van der Waals surface area contributed by atoms with Gasteiger partial charge in [-0.3, -0.25) is 4.79 Å². The predicted molar refractivity (Wildman–Crippen MR) is 102 cm³/mol. The average molecular weight is 366 g/mol. The molecule has 0 aliphatic carbocycles. The number of allylic oxidation sites excluding steroid dienone is 1. The number of rotatable bonds is 6. The Balaban J connectivity index is 1.42. The van der Waals surface area contributed by atoms with Gasteiger partial charge in [0.2, 0.25) is 17.7 Å². The minimum atomic E-state index is 0.0489. The fourth-order valence-electron chi connectivity index (χ4n) is 3.97. The fourth-order valence-corrected chi connectivity index (χ4v) is 3.97. The summed E-state index contributed by atoms with van der Waals surface area (Å²) >= 11 is 0. The molecular formula is C21H26N4O2. The van der Waals surface area contributed by atoms with E-state index in [9.17, 15) is 4.79 Å². The number of aromatic nitrogens is 2. The summed E-state index contributed by atoms with van der Waals surface area (Å²) in [6.07, 6.45) is 5.27. The van der Waals surface area contributed by atoms with Gasteiger partial charge in [-0.25, -0.2) is 0 Å². The summed E-state index contributed by atoms with van der Waals surface area (Å²) in [6.45, 7) is 5.95. The molecule has 142 valence electrons. The molecule has 0 spiro atoms. The quantitative estimate of drug-likeness (QED) is 0.795. The summed E-state index contributed by atoms with van der Waals surface area (Å²) < 4.78 is 6.05. The molecule has 6 heteroatoms. The lowest BCUT2D eigenvalue weighted by molar-refractivity contribution is -0.135. The SMILES string of the molecule is C=CCCC(=O)N1CC(c2nnc([C@@H]3NCCC[C@@H]3c3ccccc3)o2)C1. The Bertz CT molecular complexity index is 782. The Labute approximate surface area is 159 Å². The van der Waals surface area contributed by atoms with Crippen LogP contribution in [0.4, 0.5) is 0 Å². The molecule has 2 saturated heterocycles. The lowest BCUT2D eigenvalue weighted by Gasteiger charge is -2.37. The van der Waals surface area contributed by atoms with E-state index in [1.165, 1.54) is 5.56 Å². The standard InChI is InChI=1S/C21H26N4O2/c1-2-3-11-18(26)25-13-16(14-25)20-23-24-21(27-20)19-17(10-7-12-22-19)15-8-5-4-6-9-15/h2,4-6,8-9,16-17,19,22H,1,3,7,10-14H2/t17-,19-/m1/s1. The molecule has 2 aromatic rings. The van der Waals surface area contributed by atoms with Crippen molar-refractivity contribution in [3.05, 3.63) is 60.3 Å². The van der Waals surface area contributed by atoms with Crippen LogP contribution in [0.1, 0.15) is 60.9 Å². The second kappa shape index (κ2) is 8.05. The molecular weight excluding hydrogens is 340 g/mol. The number of hydrogen-bond donors (Lipinski definition) is 1. The zero-order valence-electron chi connectivity index (χ0n) is 15.5. The highest BCUT2D eigenvalue weighted by molar-refractivity contribution is 5.77. The van der Waals surface area contributed by atoms with Crippen LogP contribution in [0.2, 0.25) is 0 Å². The van der Waals surface area contributed by atoms with Gasteiger partial charge in [0.05, 0.1) is 12.0 Å². The van der Waals surface area contributed by atoms with Crippen molar-refractivity contribution >= 4 is 5.91 Å². The summed E-state index contributed by atoms with van der Waals surface area (Å²) in [5.41, 5.74) is 1.30. The zero-order valence-corrected chi connectivity index (χ0v) is 15.5. The van der Waals surface area contributed by atoms with Gasteiger partial charge in [0.15, 0.2) is 0 Å². The third kappa shape index (κ3) is 3.81. The van der Waals surface area contributed by atoms with Crippen LogP contribution in [-0.4, -0.2) is 40.6 Å². The lowest BCUT2D eigenvalue weighted by Crippen LogP contribution is -2.48. The predicted octanol–water partition coefficient (Wildman–Crippen LogP) is 3.17. The van der Waals surface area contributed by atoms with Gasteiger partial charge < -0.3 is 14.6 Å². The molecule has 2 aliphatic rings. The summed E-state index contributed by atoms with van der Waals surface area (Å²) in [5.74, 6) is 1.97. The molecule has 2 aliphatic heterocycles. The number of amides is 1. The van der Waals surface area contributed by atoms with E-state index in [0.717, 1.165) is 25.8 Å². The van der Waals surface area contributed by atoms with Gasteiger partial charge in [-0.15, -0.1) is 16.8 Å². The first-order valence-corrected chi connectivity index (χ1v) is 9.76. The molecule has 0 bridgehead atoms. The normalized spacial score (nSPS) is 23.0. The van der Waals surface area contributed by atoms with Crippen molar-refractivity contribution in [2.75, 3.05) is 19.6 Å². The van der Waals surface area contributed by atoms with Crippen molar-refractivity contribution in [3.8, 4) is 0 Å². The highest BCUT2D eigenvalue weighted by atomic mass is 16.4. The number of nitrogens with zero attached hydrogens (tertiary/aromatic N) is 3. The summed E-state index contributed by atoms with van der Waals surface area (Å²) in [5, 5.41) is 12.2. The Morgan fingerprint density at radius 1 is 1.26 bits per heavy atom. The van der Waals surface area contributed by atoms with Crippen LogP contribution in [0.5, 0.6) is 0 Å². The van der Waals surface area contributed by atoms with Crippen molar-refractivity contribution < 1.29 is 9.21 Å². The van der Waals surface area contributed by atoms with Gasteiger partial charge >= 0.3 is 0 Å². The molecule has 2 fully saturated rings. The lowest BCUT2D eigenvalue weighted by atomic mass is 9.85. The van der Waals surface area contributed by atoms with Crippen molar-refractivity contribution in [1.82, 2.24) is 20.4 Å². The molecule has 1 aromatic heterocycles. The smallest absolute Gasteiger partial charge is 0.234 e. The Hall–Kier alpha value is -2.47. The van der Waals surface area contributed by atoms with Gasteiger partial charge in [-0.1, -0.05) is 36.4 Å². The van der Waals surface area contributed by atoms with E-state index in [0.29, 0.717) is 37.2 Å². The van der Waals surface area contributed by atoms with Crippen LogP contribution < -0.4 is 5.32 Å². The molecule has 1 N–H and O–H groups in total. The second-order valence-electron chi connectivity index (χ2n) is 7.39. The summed E-state index contributed by atoms with van der Waals surface area (Å²) in [4.78, 5) is 13.9. The molecule has 1 amide bonds. The molecule has 3 heterocycles. The zero-order chi connectivity index (χ0) is 18.6. The number of benzene rings is 1. The van der Waals surface area contributed by atoms with E-state index in [1.54, 1.807) is 6.08 Å². The Morgan fingerprint density at radius 2 is 2.04 bits per heavy atom. The number of carbonyl (C=O) groups is 1. The Morgan fingerprint density at radius 3 is 2.81 bits per heavy atom. The monoisotopic (exact) mass is 366 g/mol. The van der Waals surface area contributed by atoms with Crippen LogP contribution in [-0.2, 0) is 4.79 Å². The first kappa shape index (κ1) is 17.9. The molecule has 27 heavy (non-hydrogen) atoms. The first-order chi connectivity index (χ1) is 13.3. The van der Waals surface area contributed by atoms with E-state index in [4.69, 9.17) is 4.42 Å². The third-order valence-electron chi connectivity index (χ3n) is 5.55. The first-order valence-electron chi connectivity index (χ1n) is 9.76. The van der Waals surface area contributed by atoms with Crippen molar-refractivity contribution in [1.29, 1.82) is 0 Å². The summed E-state index contributed by atoms with van der Waals surface area (Å²) in [6, 6.07) is 10.6. The van der Waals surface area contributed by atoms with Gasteiger partial charge in [0, 0.05) is 25.4 Å². The molecule has 0 unspecified atom stereocenters. The number of hydrogen-bond acceptors (Lipinski definition) is 5. The van der Waals surface area contributed by atoms with E-state index in [-0.39, 0.29) is 17.9 Å². The molecule has 2 atom stereocenters. The van der Waals surface area contributed by atoms with E-state index >= 15 is 0 Å². The fraction of sp³-hybridized carbons (Fsp3) is 0.476. The molecule has 4 rings (SSSR count). The highest BCUT2D eigenvalue weighted by Crippen LogP contribution is 2.37. The molecule has 6 nitrogen and oxygen atoms in total. The van der Waals surface area contributed by atoms with Gasteiger partial charge in [0.25, 0.3) is 0 Å². The maximum absolute atomic E-state index is 12.0.